The molecule has 2 unspecified atom stereocenters. The molecule has 3 nitrogen and oxygen atoms in total. The van der Waals surface area contributed by atoms with Crippen LogP contribution >= 0.6 is 0 Å². The highest BCUT2D eigenvalue weighted by molar-refractivity contribution is 7.84. The van der Waals surface area contributed by atoms with Crippen LogP contribution in [0.1, 0.15) is 103 Å². The summed E-state index contributed by atoms with van der Waals surface area (Å²) in [4.78, 5) is 0. The molecule has 0 saturated heterocycles. The Labute approximate surface area is 201 Å². The van der Waals surface area contributed by atoms with Crippen LogP contribution in [-0.4, -0.2) is 35.0 Å². The molecule has 0 aliphatic rings. The van der Waals surface area contributed by atoms with Crippen molar-refractivity contribution < 1.29 is 13.7 Å². The maximum Gasteiger partial charge on any atom is 0.0815 e. The molecule has 1 rings (SSSR count). The molecule has 1 aromatic rings. The summed E-state index contributed by atoms with van der Waals surface area (Å²) in [5.74, 6) is 2.33. The summed E-state index contributed by atoms with van der Waals surface area (Å²) >= 11 is 0. The van der Waals surface area contributed by atoms with E-state index in [0.717, 1.165) is 37.4 Å². The van der Waals surface area contributed by atoms with E-state index >= 15 is 0 Å². The predicted octanol–water partition coefficient (Wildman–Crippen LogP) is 7.69. The molecule has 32 heavy (non-hydrogen) atoms. The number of hydrogen-bond donors (Lipinski definition) is 0. The van der Waals surface area contributed by atoms with E-state index in [1.165, 1.54) is 63.4 Å². The zero-order valence-corrected chi connectivity index (χ0v) is 22.0. The van der Waals surface area contributed by atoms with Crippen LogP contribution in [-0.2, 0) is 26.9 Å². The van der Waals surface area contributed by atoms with Gasteiger partial charge in [0.15, 0.2) is 0 Å². The molecule has 0 aliphatic carbocycles. The molecule has 0 saturated carbocycles. The first-order valence-electron chi connectivity index (χ1n) is 13.2. The summed E-state index contributed by atoms with van der Waals surface area (Å²) in [6.07, 6.45) is 15.5. The molecule has 0 aliphatic heterocycles. The van der Waals surface area contributed by atoms with Crippen LogP contribution in [0.2, 0.25) is 0 Å². The van der Waals surface area contributed by atoms with Crippen LogP contribution in [0.5, 0.6) is 0 Å². The van der Waals surface area contributed by atoms with Gasteiger partial charge in [0, 0.05) is 28.9 Å². The van der Waals surface area contributed by atoms with Crippen molar-refractivity contribution >= 4 is 10.8 Å². The second-order valence-corrected chi connectivity index (χ2v) is 11.3. The van der Waals surface area contributed by atoms with Gasteiger partial charge in [0.2, 0.25) is 0 Å². The third-order valence-electron chi connectivity index (χ3n) is 5.85. The Hall–Kier alpha value is -0.710. The van der Waals surface area contributed by atoms with E-state index < -0.39 is 10.8 Å². The first-order valence-corrected chi connectivity index (χ1v) is 14.7. The zero-order valence-electron chi connectivity index (χ0n) is 21.2. The lowest BCUT2D eigenvalue weighted by Gasteiger charge is -2.20. The second kappa shape index (κ2) is 20.9. The molecule has 0 radical (unpaired) electrons. The summed E-state index contributed by atoms with van der Waals surface area (Å²) in [7, 11) is -0.572. The standard InChI is InChI=1S/C28H50O3S/c1-4-32(29)22-18-13-11-9-7-5-6-8-10-12-17-21-30-25-28(23-26(2)3)31-24-27-19-15-14-16-20-27/h14-16,19-20,26,28H,4-13,17-18,21-25H2,1-3H3. The summed E-state index contributed by atoms with van der Waals surface area (Å²) in [5.41, 5.74) is 1.23. The number of rotatable bonds is 22. The van der Waals surface area contributed by atoms with Gasteiger partial charge in [-0.15, -0.1) is 0 Å². The average molecular weight is 467 g/mol. The predicted molar refractivity (Wildman–Crippen MR) is 140 cm³/mol. The molecule has 0 bridgehead atoms. The lowest BCUT2D eigenvalue weighted by atomic mass is 10.1. The zero-order chi connectivity index (χ0) is 23.3. The summed E-state index contributed by atoms with van der Waals surface area (Å²) in [6, 6.07) is 10.4. The van der Waals surface area contributed by atoms with Gasteiger partial charge in [-0.05, 0) is 30.7 Å². The van der Waals surface area contributed by atoms with E-state index in [0.29, 0.717) is 19.1 Å². The lowest BCUT2D eigenvalue weighted by molar-refractivity contribution is -0.0346. The van der Waals surface area contributed by atoms with Gasteiger partial charge in [-0.3, -0.25) is 4.21 Å². The lowest BCUT2D eigenvalue weighted by Crippen LogP contribution is -2.22. The van der Waals surface area contributed by atoms with Crippen molar-refractivity contribution in [1.29, 1.82) is 0 Å². The minimum Gasteiger partial charge on any atom is -0.379 e. The van der Waals surface area contributed by atoms with E-state index in [9.17, 15) is 4.21 Å². The third-order valence-corrected chi connectivity index (χ3v) is 7.24. The van der Waals surface area contributed by atoms with E-state index in [1.54, 1.807) is 0 Å². The molecule has 186 valence electrons. The molecule has 0 fully saturated rings. The highest BCUT2D eigenvalue weighted by Crippen LogP contribution is 2.14. The van der Waals surface area contributed by atoms with Gasteiger partial charge >= 0.3 is 0 Å². The molecule has 4 heteroatoms. The van der Waals surface area contributed by atoms with Crippen LogP contribution in [0.15, 0.2) is 30.3 Å². The van der Waals surface area contributed by atoms with Gasteiger partial charge in [0.05, 0.1) is 19.3 Å². The van der Waals surface area contributed by atoms with Crippen molar-refractivity contribution in [1.82, 2.24) is 0 Å². The molecule has 0 heterocycles. The molecule has 0 N–H and O–H groups in total. The Morgan fingerprint density at radius 2 is 1.38 bits per heavy atom. The van der Waals surface area contributed by atoms with E-state index in [2.05, 4.69) is 38.1 Å². The van der Waals surface area contributed by atoms with Crippen molar-refractivity contribution in [2.45, 2.75) is 111 Å². The largest absolute Gasteiger partial charge is 0.379 e. The first-order chi connectivity index (χ1) is 15.6. The Balaban J connectivity index is 1.92. The minimum atomic E-state index is -0.572. The molecule has 0 aromatic heterocycles. The molecule has 0 spiro atoms. The van der Waals surface area contributed by atoms with E-state index in [1.807, 2.05) is 13.0 Å². The Bertz CT molecular complexity index is 547. The van der Waals surface area contributed by atoms with Gasteiger partial charge in [-0.25, -0.2) is 0 Å². The van der Waals surface area contributed by atoms with Gasteiger partial charge in [-0.2, -0.15) is 0 Å². The van der Waals surface area contributed by atoms with Crippen LogP contribution in [0.25, 0.3) is 0 Å². The van der Waals surface area contributed by atoms with Crippen molar-refractivity contribution in [2.24, 2.45) is 5.92 Å². The molecule has 1 aromatic carbocycles. The third kappa shape index (κ3) is 17.8. The molecule has 2 atom stereocenters. The topological polar surface area (TPSA) is 35.5 Å². The van der Waals surface area contributed by atoms with Crippen LogP contribution < -0.4 is 0 Å². The van der Waals surface area contributed by atoms with Crippen LogP contribution in [0, 0.1) is 5.92 Å². The SMILES string of the molecule is CCS(=O)CCCCCCCCCCCCCOCC(CC(C)C)OCc1ccccc1. The van der Waals surface area contributed by atoms with E-state index in [-0.39, 0.29) is 6.10 Å². The quantitative estimate of drug-likeness (QED) is 0.164. The van der Waals surface area contributed by atoms with E-state index in [4.69, 9.17) is 9.47 Å². The summed E-state index contributed by atoms with van der Waals surface area (Å²) in [5, 5.41) is 0. The normalized spacial score (nSPS) is 13.5. The highest BCUT2D eigenvalue weighted by Gasteiger charge is 2.12. The molecular weight excluding hydrogens is 416 g/mol. The van der Waals surface area contributed by atoms with Gasteiger partial charge in [-0.1, -0.05) is 109 Å². The fourth-order valence-electron chi connectivity index (χ4n) is 3.92. The van der Waals surface area contributed by atoms with Crippen LogP contribution in [0.4, 0.5) is 0 Å². The Kier molecular flexibility index (Phi) is 19.1. The minimum absolute atomic E-state index is 0.184. The Morgan fingerprint density at radius 3 is 1.94 bits per heavy atom. The molecular formula is C28H50O3S. The molecule has 0 amide bonds. The van der Waals surface area contributed by atoms with Gasteiger partial charge < -0.3 is 9.47 Å². The first kappa shape index (κ1) is 29.3. The van der Waals surface area contributed by atoms with Gasteiger partial charge in [0.25, 0.3) is 0 Å². The number of ether oxygens (including phenoxy) is 2. The maximum absolute atomic E-state index is 11.4. The fraction of sp³-hybridized carbons (Fsp3) is 0.786. The van der Waals surface area contributed by atoms with Crippen molar-refractivity contribution in [3.8, 4) is 0 Å². The number of unbranched alkanes of at least 4 members (excludes halogenated alkanes) is 10. The second-order valence-electron chi connectivity index (χ2n) is 9.44. The monoisotopic (exact) mass is 466 g/mol. The van der Waals surface area contributed by atoms with Crippen LogP contribution in [0.3, 0.4) is 0 Å². The highest BCUT2D eigenvalue weighted by atomic mass is 32.2. The summed E-state index contributed by atoms with van der Waals surface area (Å²) < 4.78 is 23.5. The van der Waals surface area contributed by atoms with Crippen molar-refractivity contribution in [3.63, 3.8) is 0 Å². The average Bonchev–Trinajstić information content (AvgIpc) is 2.79. The number of benzene rings is 1. The van der Waals surface area contributed by atoms with Gasteiger partial charge in [0.1, 0.15) is 0 Å². The van der Waals surface area contributed by atoms with Crippen molar-refractivity contribution in [3.05, 3.63) is 35.9 Å². The summed E-state index contributed by atoms with van der Waals surface area (Å²) in [6.45, 7) is 8.73. The number of hydrogen-bond acceptors (Lipinski definition) is 3. The fourth-order valence-corrected chi connectivity index (χ4v) is 4.73. The smallest absolute Gasteiger partial charge is 0.0815 e. The van der Waals surface area contributed by atoms with Crippen molar-refractivity contribution in [2.75, 3.05) is 24.7 Å². The Morgan fingerprint density at radius 1 is 0.812 bits per heavy atom. The maximum atomic E-state index is 11.4.